The summed E-state index contributed by atoms with van der Waals surface area (Å²) < 4.78 is 5.00. The highest BCUT2D eigenvalue weighted by atomic mass is 16.6. The molecular weight excluding hydrogens is 156 g/mol. The van der Waals surface area contributed by atoms with Crippen molar-refractivity contribution in [3.8, 4) is 0 Å². The highest BCUT2D eigenvalue weighted by Gasteiger charge is 2.32. The van der Waals surface area contributed by atoms with E-state index >= 15 is 0 Å². The molecule has 0 rings (SSSR count). The molecule has 0 amide bonds. The number of ether oxygens (including phenoxy) is 1. The molecule has 1 unspecified atom stereocenters. The Morgan fingerprint density at radius 1 is 1.33 bits per heavy atom. The van der Waals surface area contributed by atoms with E-state index in [0.717, 1.165) is 0 Å². The number of rotatable bonds is 2. The third kappa shape index (κ3) is 3.72. The van der Waals surface area contributed by atoms with Crippen LogP contribution in [0.5, 0.6) is 0 Å². The molecule has 0 aromatic carbocycles. The maximum atomic E-state index is 11.2. The first-order chi connectivity index (χ1) is 5.19. The normalized spacial score (nSPS) is 16.8. The van der Waals surface area contributed by atoms with Gasteiger partial charge in [-0.25, -0.2) is 4.79 Å². The molecule has 3 nitrogen and oxygen atoms in total. The van der Waals surface area contributed by atoms with Gasteiger partial charge in [0.25, 0.3) is 0 Å². The molecule has 0 saturated heterocycles. The molecule has 0 bridgehead atoms. The Morgan fingerprint density at radius 2 is 1.75 bits per heavy atom. The molecule has 1 atom stereocenters. The molecule has 0 fully saturated rings. The molecule has 0 heterocycles. The molecule has 0 aliphatic heterocycles. The topological polar surface area (TPSA) is 46.5 Å². The van der Waals surface area contributed by atoms with Gasteiger partial charge in [0.15, 0.2) is 5.60 Å². The fraction of sp³-hybridized carbons (Fsp3) is 0.889. The summed E-state index contributed by atoms with van der Waals surface area (Å²) >= 11 is 0. The summed E-state index contributed by atoms with van der Waals surface area (Å²) in [7, 11) is 0. The minimum absolute atomic E-state index is 0.363. The molecule has 0 spiro atoms. The van der Waals surface area contributed by atoms with Crippen molar-refractivity contribution in [2.24, 2.45) is 0 Å². The zero-order valence-corrected chi connectivity index (χ0v) is 8.47. The summed E-state index contributed by atoms with van der Waals surface area (Å²) in [4.78, 5) is 11.2. The second-order valence-corrected chi connectivity index (χ2v) is 4.13. The first kappa shape index (κ1) is 11.4. The summed E-state index contributed by atoms with van der Waals surface area (Å²) in [5, 5.41) is 9.48. The van der Waals surface area contributed by atoms with Gasteiger partial charge in [-0.1, -0.05) is 6.92 Å². The van der Waals surface area contributed by atoms with Gasteiger partial charge in [0, 0.05) is 0 Å². The van der Waals surface area contributed by atoms with Gasteiger partial charge in [-0.3, -0.25) is 0 Å². The first-order valence-electron chi connectivity index (χ1n) is 4.15. The minimum Gasteiger partial charge on any atom is -0.458 e. The highest BCUT2D eigenvalue weighted by molar-refractivity contribution is 5.78. The number of aliphatic hydroxyl groups is 1. The van der Waals surface area contributed by atoms with Crippen LogP contribution in [0.2, 0.25) is 0 Å². The first-order valence-corrected chi connectivity index (χ1v) is 4.15. The monoisotopic (exact) mass is 174 g/mol. The zero-order valence-electron chi connectivity index (χ0n) is 8.47. The van der Waals surface area contributed by atoms with Crippen molar-refractivity contribution in [3.05, 3.63) is 0 Å². The van der Waals surface area contributed by atoms with Gasteiger partial charge in [-0.05, 0) is 34.1 Å². The van der Waals surface area contributed by atoms with Crippen molar-refractivity contribution in [2.45, 2.75) is 52.2 Å². The summed E-state index contributed by atoms with van der Waals surface area (Å²) in [6.07, 6.45) is 0.363. The number of hydrogen-bond donors (Lipinski definition) is 1. The van der Waals surface area contributed by atoms with E-state index in [1.165, 1.54) is 6.92 Å². The van der Waals surface area contributed by atoms with Crippen LogP contribution >= 0.6 is 0 Å². The Labute approximate surface area is 73.7 Å². The molecule has 0 aromatic heterocycles. The van der Waals surface area contributed by atoms with Gasteiger partial charge in [-0.15, -0.1) is 0 Å². The van der Waals surface area contributed by atoms with Crippen LogP contribution in [0.1, 0.15) is 41.0 Å². The Kier molecular flexibility index (Phi) is 3.27. The molecule has 0 radical (unpaired) electrons. The van der Waals surface area contributed by atoms with Crippen LogP contribution in [0.15, 0.2) is 0 Å². The maximum Gasteiger partial charge on any atom is 0.338 e. The van der Waals surface area contributed by atoms with Crippen LogP contribution in [-0.2, 0) is 9.53 Å². The van der Waals surface area contributed by atoms with Crippen molar-refractivity contribution < 1.29 is 14.6 Å². The van der Waals surface area contributed by atoms with Gasteiger partial charge >= 0.3 is 5.97 Å². The quantitative estimate of drug-likeness (QED) is 0.645. The van der Waals surface area contributed by atoms with E-state index in [2.05, 4.69) is 0 Å². The molecule has 0 aliphatic carbocycles. The zero-order chi connectivity index (χ0) is 9.99. The van der Waals surface area contributed by atoms with Crippen molar-refractivity contribution >= 4 is 5.97 Å². The van der Waals surface area contributed by atoms with Crippen LogP contribution in [0.3, 0.4) is 0 Å². The third-order valence-corrected chi connectivity index (χ3v) is 1.53. The lowest BCUT2D eigenvalue weighted by molar-refractivity contribution is -0.175. The molecule has 0 aromatic rings. The van der Waals surface area contributed by atoms with Crippen LogP contribution in [0.25, 0.3) is 0 Å². The Bertz CT molecular complexity index is 165. The summed E-state index contributed by atoms with van der Waals surface area (Å²) in [5.41, 5.74) is -1.89. The maximum absolute atomic E-state index is 11.2. The van der Waals surface area contributed by atoms with Gasteiger partial charge in [0.05, 0.1) is 0 Å². The largest absolute Gasteiger partial charge is 0.458 e. The fourth-order valence-electron chi connectivity index (χ4n) is 0.532. The third-order valence-electron chi connectivity index (χ3n) is 1.53. The average molecular weight is 174 g/mol. The predicted octanol–water partition coefficient (Wildman–Crippen LogP) is 1.49. The van der Waals surface area contributed by atoms with Gasteiger partial charge in [-0.2, -0.15) is 0 Å². The molecule has 3 heteroatoms. The minimum atomic E-state index is -1.35. The van der Waals surface area contributed by atoms with E-state index in [-0.39, 0.29) is 0 Å². The van der Waals surface area contributed by atoms with Crippen molar-refractivity contribution in [3.63, 3.8) is 0 Å². The van der Waals surface area contributed by atoms with Crippen molar-refractivity contribution in [1.29, 1.82) is 0 Å². The van der Waals surface area contributed by atoms with Crippen molar-refractivity contribution in [2.75, 3.05) is 0 Å². The van der Waals surface area contributed by atoms with Crippen LogP contribution < -0.4 is 0 Å². The lowest BCUT2D eigenvalue weighted by Gasteiger charge is -2.26. The molecule has 1 N–H and O–H groups in total. The van der Waals surface area contributed by atoms with Crippen LogP contribution in [0.4, 0.5) is 0 Å². The van der Waals surface area contributed by atoms with Gasteiger partial charge in [0.1, 0.15) is 5.60 Å². The average Bonchev–Trinajstić information content (AvgIpc) is 1.84. The summed E-state index contributed by atoms with van der Waals surface area (Å²) in [6, 6.07) is 0. The summed E-state index contributed by atoms with van der Waals surface area (Å²) in [6.45, 7) is 8.52. The lowest BCUT2D eigenvalue weighted by Crippen LogP contribution is -2.40. The van der Waals surface area contributed by atoms with Crippen LogP contribution in [0, 0.1) is 0 Å². The standard InChI is InChI=1S/C9H18O3/c1-6-9(5,11)7(10)12-8(2,3)4/h11H,6H2,1-5H3. The Morgan fingerprint density at radius 3 is 2.00 bits per heavy atom. The van der Waals surface area contributed by atoms with E-state index in [9.17, 15) is 9.90 Å². The smallest absolute Gasteiger partial charge is 0.338 e. The van der Waals surface area contributed by atoms with E-state index < -0.39 is 17.2 Å². The molecule has 12 heavy (non-hydrogen) atoms. The molecular formula is C9H18O3. The number of hydrogen-bond acceptors (Lipinski definition) is 3. The highest BCUT2D eigenvalue weighted by Crippen LogP contribution is 2.16. The number of carbonyl (C=O) groups is 1. The number of carbonyl (C=O) groups excluding carboxylic acids is 1. The SMILES string of the molecule is CCC(C)(O)C(=O)OC(C)(C)C. The molecule has 0 saturated carbocycles. The lowest BCUT2D eigenvalue weighted by atomic mass is 10.0. The van der Waals surface area contributed by atoms with E-state index in [1.54, 1.807) is 27.7 Å². The molecule has 72 valence electrons. The van der Waals surface area contributed by atoms with E-state index in [4.69, 9.17) is 4.74 Å². The van der Waals surface area contributed by atoms with E-state index in [0.29, 0.717) is 6.42 Å². The second-order valence-electron chi connectivity index (χ2n) is 4.13. The van der Waals surface area contributed by atoms with Crippen molar-refractivity contribution in [1.82, 2.24) is 0 Å². The van der Waals surface area contributed by atoms with Crippen LogP contribution in [-0.4, -0.2) is 22.3 Å². The number of esters is 1. The van der Waals surface area contributed by atoms with E-state index in [1.807, 2.05) is 0 Å². The summed E-state index contributed by atoms with van der Waals surface area (Å²) in [5.74, 6) is -0.558. The Hall–Kier alpha value is -0.570. The molecule has 0 aliphatic rings. The predicted molar refractivity (Wildman–Crippen MR) is 46.8 cm³/mol. The van der Waals surface area contributed by atoms with Gasteiger partial charge < -0.3 is 9.84 Å². The second kappa shape index (κ2) is 3.44. The Balaban J connectivity index is 4.23. The fourth-order valence-corrected chi connectivity index (χ4v) is 0.532. The van der Waals surface area contributed by atoms with Gasteiger partial charge in [0.2, 0.25) is 0 Å².